The van der Waals surface area contributed by atoms with E-state index in [4.69, 9.17) is 4.74 Å². The molecule has 1 aromatic heterocycles. The minimum Gasteiger partial charge on any atom is -0.379 e. The van der Waals surface area contributed by atoms with Gasteiger partial charge in [-0.15, -0.1) is 0 Å². The van der Waals surface area contributed by atoms with Gasteiger partial charge in [0.05, 0.1) is 29.3 Å². The topological polar surface area (TPSA) is 93.5 Å². The number of carbonyl (C=O) groups excluding carboxylic acids is 2. The first kappa shape index (κ1) is 22.9. The Kier molecular flexibility index (Phi) is 8.66. The Morgan fingerprint density at radius 3 is 2.69 bits per heavy atom. The first-order valence-corrected chi connectivity index (χ1v) is 10.5. The molecule has 0 aliphatic carbocycles. The van der Waals surface area contributed by atoms with E-state index in [2.05, 4.69) is 10.3 Å². The largest absolute Gasteiger partial charge is 0.379 e. The van der Waals surface area contributed by atoms with Crippen LogP contribution in [0.2, 0.25) is 0 Å². The van der Waals surface area contributed by atoms with Crippen LogP contribution in [-0.4, -0.2) is 65.4 Å². The van der Waals surface area contributed by atoms with Gasteiger partial charge in [0.25, 0.3) is 5.56 Å². The summed E-state index contributed by atoms with van der Waals surface area (Å²) in [4.78, 5) is 42.6. The number of rotatable bonds is 10. The third-order valence-corrected chi connectivity index (χ3v) is 5.05. The van der Waals surface area contributed by atoms with Gasteiger partial charge in [0, 0.05) is 27.2 Å². The number of hydrogen-bond acceptors (Lipinski definition) is 6. The number of fused-ring (bicyclic) bond motifs is 1. The second kappa shape index (κ2) is 11.0. The van der Waals surface area contributed by atoms with Crippen molar-refractivity contribution in [2.75, 3.05) is 33.0 Å². The lowest BCUT2D eigenvalue weighted by atomic mass is 10.2. The van der Waals surface area contributed by atoms with Crippen molar-refractivity contribution < 1.29 is 14.3 Å². The van der Waals surface area contributed by atoms with Crippen LogP contribution in [0.4, 0.5) is 0 Å². The van der Waals surface area contributed by atoms with Gasteiger partial charge in [-0.2, -0.15) is 0 Å². The molecule has 2 rings (SSSR count). The highest BCUT2D eigenvalue weighted by Gasteiger charge is 2.14. The van der Waals surface area contributed by atoms with Gasteiger partial charge in [0.1, 0.15) is 0 Å². The fraction of sp³-hybridized carbons (Fsp3) is 0.500. The summed E-state index contributed by atoms with van der Waals surface area (Å²) in [6.45, 7) is 4.85. The van der Waals surface area contributed by atoms with Crippen molar-refractivity contribution in [3.8, 4) is 0 Å². The summed E-state index contributed by atoms with van der Waals surface area (Å²) in [7, 11) is 3.26. The number of benzene rings is 1. The number of amides is 2. The lowest BCUT2D eigenvalue weighted by Gasteiger charge is -2.14. The molecular weight excluding hydrogens is 392 g/mol. The molecule has 0 bridgehead atoms. The molecule has 158 valence electrons. The van der Waals surface area contributed by atoms with E-state index in [1.54, 1.807) is 36.9 Å². The van der Waals surface area contributed by atoms with Crippen LogP contribution in [-0.2, 0) is 20.9 Å². The summed E-state index contributed by atoms with van der Waals surface area (Å²) in [6.07, 6.45) is 0.790. The van der Waals surface area contributed by atoms with Crippen LogP contribution in [0, 0.1) is 0 Å². The van der Waals surface area contributed by atoms with E-state index in [0.717, 1.165) is 0 Å². The predicted octanol–water partition coefficient (Wildman–Crippen LogP) is 1.51. The van der Waals surface area contributed by atoms with E-state index in [1.807, 2.05) is 19.9 Å². The van der Waals surface area contributed by atoms with Gasteiger partial charge < -0.3 is 15.0 Å². The van der Waals surface area contributed by atoms with Gasteiger partial charge in [-0.3, -0.25) is 19.0 Å². The van der Waals surface area contributed by atoms with Gasteiger partial charge in [0.15, 0.2) is 5.16 Å². The van der Waals surface area contributed by atoms with E-state index in [9.17, 15) is 14.4 Å². The molecule has 0 saturated heterocycles. The molecular formula is C20H28N4O4S. The number of para-hydroxylation sites is 1. The fourth-order valence-corrected chi connectivity index (χ4v) is 3.37. The maximum absolute atomic E-state index is 12.9. The number of carbonyl (C=O) groups is 2. The zero-order valence-corrected chi connectivity index (χ0v) is 18.1. The smallest absolute Gasteiger partial charge is 0.262 e. The predicted molar refractivity (Wildman–Crippen MR) is 114 cm³/mol. The molecule has 0 radical (unpaired) electrons. The normalized spacial score (nSPS) is 11.1. The molecule has 9 heteroatoms. The van der Waals surface area contributed by atoms with Crippen LogP contribution >= 0.6 is 11.8 Å². The molecule has 1 aromatic carbocycles. The number of nitrogens with one attached hydrogen (secondary N) is 1. The summed E-state index contributed by atoms with van der Waals surface area (Å²) in [5.41, 5.74) is 0.462. The first-order chi connectivity index (χ1) is 13.8. The molecule has 0 unspecified atom stereocenters. The van der Waals surface area contributed by atoms with Crippen molar-refractivity contribution in [3.63, 3.8) is 0 Å². The Labute approximate surface area is 174 Å². The van der Waals surface area contributed by atoms with Crippen LogP contribution in [0.25, 0.3) is 10.9 Å². The Morgan fingerprint density at radius 1 is 1.28 bits per heavy atom. The lowest BCUT2D eigenvalue weighted by Crippen LogP contribution is -2.37. The quantitative estimate of drug-likeness (QED) is 0.356. The molecule has 0 fully saturated rings. The summed E-state index contributed by atoms with van der Waals surface area (Å²) in [5.74, 6) is -0.412. The summed E-state index contributed by atoms with van der Waals surface area (Å²) < 4.78 is 7.15. The fourth-order valence-electron chi connectivity index (χ4n) is 2.51. The highest BCUT2D eigenvalue weighted by Crippen LogP contribution is 2.18. The molecule has 8 nitrogen and oxygen atoms in total. The van der Waals surface area contributed by atoms with Crippen molar-refractivity contribution in [1.82, 2.24) is 19.8 Å². The SMILES string of the molecule is CC(C)OCCCn1c(SCC(=O)NCC(=O)N(C)C)nc2ccccc2c1=O. The molecule has 0 atom stereocenters. The summed E-state index contributed by atoms with van der Waals surface area (Å²) in [5, 5.41) is 3.61. The van der Waals surface area contributed by atoms with Crippen molar-refractivity contribution >= 4 is 34.5 Å². The maximum Gasteiger partial charge on any atom is 0.262 e. The number of thioether (sulfide) groups is 1. The Hall–Kier alpha value is -2.39. The van der Waals surface area contributed by atoms with Gasteiger partial charge in [-0.1, -0.05) is 23.9 Å². The standard InChI is InChI=1S/C20H28N4O4S/c1-14(2)28-11-7-10-24-19(27)15-8-5-6-9-16(15)22-20(24)29-13-17(25)21-12-18(26)23(3)4/h5-6,8-9,14H,7,10-13H2,1-4H3,(H,21,25). The number of hydrogen-bond donors (Lipinski definition) is 1. The van der Waals surface area contributed by atoms with Crippen molar-refractivity contribution in [2.24, 2.45) is 0 Å². The minimum absolute atomic E-state index is 0.0586. The summed E-state index contributed by atoms with van der Waals surface area (Å²) >= 11 is 1.18. The molecule has 2 amide bonds. The molecule has 1 heterocycles. The van der Waals surface area contributed by atoms with E-state index in [-0.39, 0.29) is 35.8 Å². The van der Waals surface area contributed by atoms with Crippen LogP contribution in [0.3, 0.4) is 0 Å². The summed E-state index contributed by atoms with van der Waals surface area (Å²) in [6, 6.07) is 7.16. The number of nitrogens with zero attached hydrogens (tertiary/aromatic N) is 3. The Morgan fingerprint density at radius 2 is 2.00 bits per heavy atom. The van der Waals surface area contributed by atoms with E-state index < -0.39 is 0 Å². The molecule has 29 heavy (non-hydrogen) atoms. The number of aromatic nitrogens is 2. The molecule has 2 aromatic rings. The second-order valence-corrected chi connectivity index (χ2v) is 7.94. The van der Waals surface area contributed by atoms with Gasteiger partial charge >= 0.3 is 0 Å². The maximum atomic E-state index is 12.9. The molecule has 0 aliphatic rings. The van der Waals surface area contributed by atoms with E-state index in [1.165, 1.54) is 16.7 Å². The van der Waals surface area contributed by atoms with Crippen molar-refractivity contribution in [3.05, 3.63) is 34.6 Å². The lowest BCUT2D eigenvalue weighted by molar-refractivity contribution is -0.130. The monoisotopic (exact) mass is 420 g/mol. The number of ether oxygens (including phenoxy) is 1. The number of likely N-dealkylation sites (N-methyl/N-ethyl adjacent to an activating group) is 1. The average Bonchev–Trinajstić information content (AvgIpc) is 2.68. The van der Waals surface area contributed by atoms with Crippen LogP contribution in [0.1, 0.15) is 20.3 Å². The van der Waals surface area contributed by atoms with E-state index >= 15 is 0 Å². The van der Waals surface area contributed by atoms with Crippen LogP contribution in [0.15, 0.2) is 34.2 Å². The highest BCUT2D eigenvalue weighted by atomic mass is 32.2. The van der Waals surface area contributed by atoms with Crippen molar-refractivity contribution in [2.45, 2.75) is 38.1 Å². The second-order valence-electron chi connectivity index (χ2n) is 6.99. The third-order valence-electron chi connectivity index (χ3n) is 4.07. The molecule has 1 N–H and O–H groups in total. The highest BCUT2D eigenvalue weighted by molar-refractivity contribution is 7.99. The van der Waals surface area contributed by atoms with E-state index in [0.29, 0.717) is 35.6 Å². The average molecular weight is 421 g/mol. The first-order valence-electron chi connectivity index (χ1n) is 9.50. The van der Waals surface area contributed by atoms with Crippen molar-refractivity contribution in [1.29, 1.82) is 0 Å². The van der Waals surface area contributed by atoms with Gasteiger partial charge in [0.2, 0.25) is 11.8 Å². The Bertz CT molecular complexity index is 911. The zero-order chi connectivity index (χ0) is 21.4. The molecule has 0 aliphatic heterocycles. The van der Waals surface area contributed by atoms with Crippen LogP contribution < -0.4 is 10.9 Å². The third kappa shape index (κ3) is 6.86. The van der Waals surface area contributed by atoms with Gasteiger partial charge in [-0.25, -0.2) is 4.98 Å². The van der Waals surface area contributed by atoms with Crippen LogP contribution in [0.5, 0.6) is 0 Å². The molecule has 0 spiro atoms. The van der Waals surface area contributed by atoms with Gasteiger partial charge in [-0.05, 0) is 32.4 Å². The Balaban J connectivity index is 2.12. The zero-order valence-electron chi connectivity index (χ0n) is 17.3. The minimum atomic E-state index is -0.290. The molecule has 0 saturated carbocycles.